The predicted octanol–water partition coefficient (Wildman–Crippen LogP) is 3.27. The molecule has 0 aliphatic heterocycles. The van der Waals surface area contributed by atoms with Crippen LogP contribution < -0.4 is 4.74 Å². The molecule has 0 amide bonds. The zero-order valence-corrected chi connectivity index (χ0v) is 8.73. The van der Waals surface area contributed by atoms with Crippen LogP contribution in [0.15, 0.2) is 18.2 Å². The molecule has 74 valence electrons. The highest BCUT2D eigenvalue weighted by Crippen LogP contribution is 2.28. The van der Waals surface area contributed by atoms with E-state index in [4.69, 9.17) is 22.8 Å². The van der Waals surface area contributed by atoms with E-state index < -0.39 is 11.4 Å². The van der Waals surface area contributed by atoms with E-state index in [0.29, 0.717) is 5.75 Å². The molecular formula is C11H10ClFO. The molecule has 0 fully saturated rings. The van der Waals surface area contributed by atoms with Crippen molar-refractivity contribution in [2.75, 3.05) is 0 Å². The molecule has 1 aromatic carbocycles. The number of rotatable bonds is 2. The van der Waals surface area contributed by atoms with Gasteiger partial charge in [0.25, 0.3) is 0 Å². The number of halogens is 2. The van der Waals surface area contributed by atoms with Gasteiger partial charge in [-0.2, -0.15) is 0 Å². The van der Waals surface area contributed by atoms with Crippen molar-refractivity contribution in [1.82, 2.24) is 0 Å². The highest BCUT2D eigenvalue weighted by molar-refractivity contribution is 6.32. The molecule has 0 atom stereocenters. The van der Waals surface area contributed by atoms with Crippen LogP contribution in [0.2, 0.25) is 5.02 Å². The molecule has 0 aromatic heterocycles. The summed E-state index contributed by atoms with van der Waals surface area (Å²) in [7, 11) is 0. The van der Waals surface area contributed by atoms with Gasteiger partial charge in [-0.05, 0) is 32.0 Å². The van der Waals surface area contributed by atoms with Gasteiger partial charge in [0.2, 0.25) is 0 Å². The highest BCUT2D eigenvalue weighted by atomic mass is 35.5. The Morgan fingerprint density at radius 3 is 2.64 bits per heavy atom. The maximum atomic E-state index is 12.7. The number of ether oxygens (including phenoxy) is 1. The van der Waals surface area contributed by atoms with Gasteiger partial charge in [0.1, 0.15) is 11.6 Å². The minimum Gasteiger partial charge on any atom is -0.474 e. The molecule has 1 nitrogen and oxygen atoms in total. The van der Waals surface area contributed by atoms with Crippen LogP contribution in [0.5, 0.6) is 5.75 Å². The van der Waals surface area contributed by atoms with Gasteiger partial charge in [-0.25, -0.2) is 4.39 Å². The van der Waals surface area contributed by atoms with E-state index >= 15 is 0 Å². The zero-order chi connectivity index (χ0) is 10.8. The molecule has 3 heteroatoms. The molecule has 0 saturated heterocycles. The molecular weight excluding hydrogens is 203 g/mol. The van der Waals surface area contributed by atoms with E-state index in [1.165, 1.54) is 18.2 Å². The summed E-state index contributed by atoms with van der Waals surface area (Å²) in [5, 5.41) is 0.216. The monoisotopic (exact) mass is 212 g/mol. The molecule has 0 spiro atoms. The second-order valence-electron chi connectivity index (χ2n) is 3.33. The van der Waals surface area contributed by atoms with Gasteiger partial charge in [0.05, 0.1) is 5.02 Å². The minimum atomic E-state index is -0.749. The number of benzene rings is 1. The summed E-state index contributed by atoms with van der Waals surface area (Å²) in [5.41, 5.74) is -0.749. The van der Waals surface area contributed by atoms with Crippen molar-refractivity contribution >= 4 is 11.6 Å². The standard InChI is InChI=1S/C11H10ClFO/c1-4-11(2,3)14-10-6-5-8(13)7-9(10)12/h1,5-7H,2-3H3. The molecule has 0 bridgehead atoms. The topological polar surface area (TPSA) is 9.23 Å². The third-order valence-electron chi connectivity index (χ3n) is 1.61. The van der Waals surface area contributed by atoms with Crippen LogP contribution in [0.3, 0.4) is 0 Å². The van der Waals surface area contributed by atoms with E-state index in [2.05, 4.69) is 5.92 Å². The van der Waals surface area contributed by atoms with E-state index in [0.717, 1.165) is 0 Å². The van der Waals surface area contributed by atoms with Gasteiger partial charge in [0, 0.05) is 0 Å². The van der Waals surface area contributed by atoms with Crippen molar-refractivity contribution in [2.24, 2.45) is 0 Å². The van der Waals surface area contributed by atoms with Crippen molar-refractivity contribution < 1.29 is 9.13 Å². The van der Waals surface area contributed by atoms with Crippen LogP contribution in [-0.4, -0.2) is 5.60 Å². The first-order chi connectivity index (χ1) is 6.44. The maximum absolute atomic E-state index is 12.7. The Morgan fingerprint density at radius 2 is 2.14 bits per heavy atom. The Kier molecular flexibility index (Phi) is 3.03. The first-order valence-corrected chi connectivity index (χ1v) is 4.44. The van der Waals surface area contributed by atoms with Crippen molar-refractivity contribution in [2.45, 2.75) is 19.4 Å². The predicted molar refractivity (Wildman–Crippen MR) is 55.0 cm³/mol. The van der Waals surface area contributed by atoms with Crippen LogP contribution in [-0.2, 0) is 0 Å². The van der Waals surface area contributed by atoms with Crippen molar-refractivity contribution in [3.05, 3.63) is 29.0 Å². The van der Waals surface area contributed by atoms with E-state index in [1.54, 1.807) is 13.8 Å². The largest absolute Gasteiger partial charge is 0.474 e. The maximum Gasteiger partial charge on any atom is 0.163 e. The average molecular weight is 213 g/mol. The number of terminal acetylenes is 1. The molecule has 0 aliphatic rings. The molecule has 0 unspecified atom stereocenters. The normalized spacial score (nSPS) is 10.8. The van der Waals surface area contributed by atoms with Gasteiger partial charge < -0.3 is 4.74 Å². The van der Waals surface area contributed by atoms with Crippen molar-refractivity contribution in [3.63, 3.8) is 0 Å². The molecule has 0 aliphatic carbocycles. The highest BCUT2D eigenvalue weighted by Gasteiger charge is 2.17. The number of hydrogen-bond donors (Lipinski definition) is 0. The Balaban J connectivity index is 2.94. The summed E-state index contributed by atoms with van der Waals surface area (Å²) < 4.78 is 18.1. The quantitative estimate of drug-likeness (QED) is 0.684. The second-order valence-corrected chi connectivity index (χ2v) is 3.74. The van der Waals surface area contributed by atoms with E-state index in [1.807, 2.05) is 0 Å². The minimum absolute atomic E-state index is 0.216. The Morgan fingerprint density at radius 1 is 1.50 bits per heavy atom. The number of hydrogen-bond acceptors (Lipinski definition) is 1. The second kappa shape index (κ2) is 3.89. The van der Waals surface area contributed by atoms with E-state index in [-0.39, 0.29) is 5.02 Å². The lowest BCUT2D eigenvalue weighted by Gasteiger charge is -2.20. The van der Waals surface area contributed by atoms with Gasteiger partial charge in [-0.1, -0.05) is 17.5 Å². The molecule has 0 radical (unpaired) electrons. The lowest BCUT2D eigenvalue weighted by molar-refractivity contribution is 0.172. The Bertz CT molecular complexity index is 379. The fraction of sp³-hybridized carbons (Fsp3) is 0.273. The third kappa shape index (κ3) is 2.65. The van der Waals surface area contributed by atoms with Gasteiger partial charge in [0.15, 0.2) is 5.60 Å². The molecule has 1 rings (SSSR count). The smallest absolute Gasteiger partial charge is 0.163 e. The van der Waals surface area contributed by atoms with Crippen LogP contribution >= 0.6 is 11.6 Å². The summed E-state index contributed by atoms with van der Waals surface area (Å²) in [4.78, 5) is 0. The molecule has 14 heavy (non-hydrogen) atoms. The van der Waals surface area contributed by atoms with Gasteiger partial charge in [-0.15, -0.1) is 6.42 Å². The SMILES string of the molecule is C#CC(C)(C)Oc1ccc(F)cc1Cl. The summed E-state index contributed by atoms with van der Waals surface area (Å²) in [5.74, 6) is 2.44. The summed E-state index contributed by atoms with van der Waals surface area (Å²) >= 11 is 5.76. The first-order valence-electron chi connectivity index (χ1n) is 4.06. The summed E-state index contributed by atoms with van der Waals surface area (Å²) in [6, 6.07) is 3.91. The van der Waals surface area contributed by atoms with Crippen LogP contribution in [0.1, 0.15) is 13.8 Å². The Labute approximate surface area is 87.8 Å². The third-order valence-corrected chi connectivity index (χ3v) is 1.90. The summed E-state index contributed by atoms with van der Waals surface area (Å²) in [6.45, 7) is 3.46. The van der Waals surface area contributed by atoms with Crippen molar-refractivity contribution in [1.29, 1.82) is 0 Å². The Hall–Kier alpha value is -1.20. The van der Waals surface area contributed by atoms with Crippen LogP contribution in [0, 0.1) is 18.2 Å². The van der Waals surface area contributed by atoms with Crippen molar-refractivity contribution in [3.8, 4) is 18.1 Å². The van der Waals surface area contributed by atoms with Gasteiger partial charge >= 0.3 is 0 Å². The first kappa shape index (κ1) is 10.9. The molecule has 0 saturated carbocycles. The van der Waals surface area contributed by atoms with Gasteiger partial charge in [-0.3, -0.25) is 0 Å². The lowest BCUT2D eigenvalue weighted by atomic mass is 10.1. The average Bonchev–Trinajstić information content (AvgIpc) is 2.10. The molecule has 0 heterocycles. The molecule has 0 N–H and O–H groups in total. The van der Waals surface area contributed by atoms with Crippen LogP contribution in [0.25, 0.3) is 0 Å². The lowest BCUT2D eigenvalue weighted by Crippen LogP contribution is -2.25. The fourth-order valence-electron chi connectivity index (χ4n) is 0.862. The molecule has 1 aromatic rings. The van der Waals surface area contributed by atoms with Crippen LogP contribution in [0.4, 0.5) is 4.39 Å². The summed E-state index contributed by atoms with van der Waals surface area (Å²) in [6.07, 6.45) is 5.24. The van der Waals surface area contributed by atoms with E-state index in [9.17, 15) is 4.39 Å². The zero-order valence-electron chi connectivity index (χ0n) is 7.97. The fourth-order valence-corrected chi connectivity index (χ4v) is 1.07.